The van der Waals surface area contributed by atoms with Crippen LogP contribution in [0.3, 0.4) is 0 Å². The molecule has 9 heteroatoms. The second-order valence-corrected chi connectivity index (χ2v) is 7.47. The van der Waals surface area contributed by atoms with Gasteiger partial charge in [-0.1, -0.05) is 19.3 Å². The molecule has 0 amide bonds. The Balaban J connectivity index is 2.09. The van der Waals surface area contributed by atoms with Gasteiger partial charge in [0.1, 0.15) is 0 Å². The fraction of sp³-hybridized carbons (Fsp3) is 0.571. The van der Waals surface area contributed by atoms with Gasteiger partial charge in [-0.2, -0.15) is 0 Å². The summed E-state index contributed by atoms with van der Waals surface area (Å²) in [5, 5.41) is 0. The molecule has 3 nitrogen and oxygen atoms in total. The summed E-state index contributed by atoms with van der Waals surface area (Å²) in [6.07, 6.45) is 3.92. The van der Waals surface area contributed by atoms with Crippen molar-refractivity contribution in [3.8, 4) is 0 Å². The lowest BCUT2D eigenvalue weighted by Gasteiger charge is -2.25. The minimum absolute atomic E-state index is 0.295. The second-order valence-electron chi connectivity index (χ2n) is 5.46. The van der Waals surface area contributed by atoms with Crippen molar-refractivity contribution in [3.63, 3.8) is 0 Å². The summed E-state index contributed by atoms with van der Waals surface area (Å²) in [5.74, 6) is -10.4. The summed E-state index contributed by atoms with van der Waals surface area (Å²) < 4.78 is 88.4. The van der Waals surface area contributed by atoms with Crippen LogP contribution in [-0.2, 0) is 20.2 Å². The van der Waals surface area contributed by atoms with Crippen molar-refractivity contribution >= 4 is 7.60 Å². The van der Waals surface area contributed by atoms with E-state index in [1.807, 2.05) is 0 Å². The summed E-state index contributed by atoms with van der Waals surface area (Å²) in [5.41, 5.74) is -1.17. The molecular weight excluding hydrogens is 342 g/mol. The standard InChI is InChI=1S/C14H16F5O3P/c1-23(20,22-8-5-3-2-4-6-8)21-7-9-10(15)12(17)14(19)13(18)11(9)16/h8H,2-7H2,1H3. The minimum atomic E-state index is -3.68. The van der Waals surface area contributed by atoms with Gasteiger partial charge in [0, 0.05) is 6.66 Å². The summed E-state index contributed by atoms with van der Waals surface area (Å²) >= 11 is 0. The molecule has 0 heterocycles. The van der Waals surface area contributed by atoms with Gasteiger partial charge in [0.15, 0.2) is 23.3 Å². The lowest BCUT2D eigenvalue weighted by Crippen LogP contribution is -2.16. The third kappa shape index (κ3) is 4.31. The molecule has 1 aromatic rings. The fourth-order valence-electron chi connectivity index (χ4n) is 2.43. The van der Waals surface area contributed by atoms with E-state index in [4.69, 9.17) is 9.05 Å². The van der Waals surface area contributed by atoms with Crippen LogP contribution < -0.4 is 0 Å². The van der Waals surface area contributed by atoms with E-state index in [1.165, 1.54) is 0 Å². The fourth-order valence-corrected chi connectivity index (χ4v) is 3.61. The monoisotopic (exact) mass is 358 g/mol. The van der Waals surface area contributed by atoms with Crippen molar-refractivity contribution in [2.45, 2.75) is 44.8 Å². The molecule has 1 aliphatic carbocycles. The number of rotatable bonds is 5. The van der Waals surface area contributed by atoms with Gasteiger partial charge in [0.05, 0.1) is 18.3 Å². The first-order chi connectivity index (χ1) is 10.7. The first-order valence-electron chi connectivity index (χ1n) is 7.13. The molecule has 2 rings (SSSR count). The molecule has 0 N–H and O–H groups in total. The number of halogens is 5. The molecule has 1 aromatic carbocycles. The topological polar surface area (TPSA) is 35.5 Å². The van der Waals surface area contributed by atoms with Crippen molar-refractivity contribution in [1.29, 1.82) is 0 Å². The predicted molar refractivity (Wildman–Crippen MR) is 72.5 cm³/mol. The smallest absolute Gasteiger partial charge is 0.305 e. The first kappa shape index (κ1) is 18.4. The minimum Gasteiger partial charge on any atom is -0.305 e. The van der Waals surface area contributed by atoms with Crippen LogP contribution in [-0.4, -0.2) is 12.8 Å². The van der Waals surface area contributed by atoms with Gasteiger partial charge in [-0.3, -0.25) is 4.57 Å². The van der Waals surface area contributed by atoms with Crippen LogP contribution in [0.25, 0.3) is 0 Å². The van der Waals surface area contributed by atoms with Crippen molar-refractivity contribution in [3.05, 3.63) is 34.6 Å². The Hall–Kier alpha value is -0.980. The molecule has 0 spiro atoms. The van der Waals surface area contributed by atoms with E-state index in [1.54, 1.807) is 0 Å². The van der Waals surface area contributed by atoms with Gasteiger partial charge in [0.25, 0.3) is 0 Å². The summed E-state index contributed by atoms with van der Waals surface area (Å²) in [6, 6.07) is 0. The zero-order valence-electron chi connectivity index (χ0n) is 12.4. The van der Waals surface area contributed by atoms with E-state index in [0.29, 0.717) is 12.8 Å². The quantitative estimate of drug-likeness (QED) is 0.319. The lowest BCUT2D eigenvalue weighted by atomic mass is 9.98. The van der Waals surface area contributed by atoms with Crippen LogP contribution in [0.1, 0.15) is 37.7 Å². The van der Waals surface area contributed by atoms with Gasteiger partial charge < -0.3 is 9.05 Å². The maximum atomic E-state index is 13.5. The van der Waals surface area contributed by atoms with Gasteiger partial charge in [0.2, 0.25) is 5.82 Å². The van der Waals surface area contributed by atoms with Gasteiger partial charge >= 0.3 is 7.60 Å². The summed E-state index contributed by atoms with van der Waals surface area (Å²) in [6.45, 7) is 0.0694. The molecule has 0 radical (unpaired) electrons. The molecular formula is C14H16F5O3P. The summed E-state index contributed by atoms with van der Waals surface area (Å²) in [4.78, 5) is 0. The molecule has 1 aliphatic rings. The Labute approximate surface area is 130 Å². The number of hydrogen-bond acceptors (Lipinski definition) is 3. The van der Waals surface area contributed by atoms with Crippen LogP contribution >= 0.6 is 7.60 Å². The van der Waals surface area contributed by atoms with Crippen molar-refractivity contribution in [2.24, 2.45) is 0 Å². The normalized spacial score (nSPS) is 18.9. The molecule has 23 heavy (non-hydrogen) atoms. The van der Waals surface area contributed by atoms with Gasteiger partial charge in [-0.05, 0) is 12.8 Å². The molecule has 0 aromatic heterocycles. The molecule has 1 atom stereocenters. The highest BCUT2D eigenvalue weighted by molar-refractivity contribution is 7.52. The Morgan fingerprint density at radius 3 is 1.91 bits per heavy atom. The molecule has 0 saturated heterocycles. The molecule has 130 valence electrons. The van der Waals surface area contributed by atoms with Crippen LogP contribution in [0.15, 0.2) is 0 Å². The molecule has 1 unspecified atom stereocenters. The molecule has 0 bridgehead atoms. The Morgan fingerprint density at radius 1 is 0.913 bits per heavy atom. The number of hydrogen-bond donors (Lipinski definition) is 0. The highest BCUT2D eigenvalue weighted by atomic mass is 31.2. The van der Waals surface area contributed by atoms with Gasteiger partial charge in [-0.25, -0.2) is 22.0 Å². The van der Waals surface area contributed by atoms with E-state index in [2.05, 4.69) is 0 Å². The molecule has 1 saturated carbocycles. The average Bonchev–Trinajstić information content (AvgIpc) is 2.51. The SMILES string of the molecule is CP(=O)(OCc1c(F)c(F)c(F)c(F)c1F)OC1CCCCC1. The first-order valence-corrected chi connectivity index (χ1v) is 9.12. The van der Waals surface area contributed by atoms with E-state index < -0.39 is 48.9 Å². The van der Waals surface area contributed by atoms with Crippen molar-refractivity contribution in [2.75, 3.05) is 6.66 Å². The zero-order chi connectivity index (χ0) is 17.2. The molecule has 0 aliphatic heterocycles. The van der Waals surface area contributed by atoms with Crippen LogP contribution in [0, 0.1) is 29.1 Å². The highest BCUT2D eigenvalue weighted by Gasteiger charge is 2.29. The van der Waals surface area contributed by atoms with Crippen LogP contribution in [0.2, 0.25) is 0 Å². The highest BCUT2D eigenvalue weighted by Crippen LogP contribution is 2.48. The molecule has 1 fully saturated rings. The van der Waals surface area contributed by atoms with E-state index in [0.717, 1.165) is 25.9 Å². The average molecular weight is 358 g/mol. The third-order valence-electron chi connectivity index (χ3n) is 3.64. The number of benzene rings is 1. The largest absolute Gasteiger partial charge is 0.328 e. The van der Waals surface area contributed by atoms with Gasteiger partial charge in [-0.15, -0.1) is 0 Å². The van der Waals surface area contributed by atoms with E-state index in [9.17, 15) is 26.5 Å². The zero-order valence-corrected chi connectivity index (χ0v) is 13.3. The van der Waals surface area contributed by atoms with E-state index in [-0.39, 0.29) is 6.10 Å². The Morgan fingerprint density at radius 2 is 1.39 bits per heavy atom. The summed E-state index contributed by atoms with van der Waals surface area (Å²) in [7, 11) is -3.68. The lowest BCUT2D eigenvalue weighted by molar-refractivity contribution is 0.115. The van der Waals surface area contributed by atoms with Crippen molar-refractivity contribution < 1.29 is 35.6 Å². The van der Waals surface area contributed by atoms with Crippen LogP contribution in [0.4, 0.5) is 22.0 Å². The Kier molecular flexibility index (Phi) is 5.81. The maximum absolute atomic E-state index is 13.5. The van der Waals surface area contributed by atoms with E-state index >= 15 is 0 Å². The third-order valence-corrected chi connectivity index (χ3v) is 4.92. The van der Waals surface area contributed by atoms with Crippen molar-refractivity contribution in [1.82, 2.24) is 0 Å². The predicted octanol–water partition coefficient (Wildman–Crippen LogP) is 5.07. The van der Waals surface area contributed by atoms with Crippen LogP contribution in [0.5, 0.6) is 0 Å². The second kappa shape index (κ2) is 7.28. The Bertz CT molecular complexity index is 602. The maximum Gasteiger partial charge on any atom is 0.328 e.